The second kappa shape index (κ2) is 8.50. The average Bonchev–Trinajstić information content (AvgIpc) is 3.23. The van der Waals surface area contributed by atoms with Crippen LogP contribution in [0.25, 0.3) is 28.1 Å². The average molecular weight is 446 g/mol. The van der Waals surface area contributed by atoms with Crippen LogP contribution in [-0.2, 0) is 6.54 Å². The van der Waals surface area contributed by atoms with E-state index in [-0.39, 0.29) is 11.8 Å². The van der Waals surface area contributed by atoms with Crippen LogP contribution in [0.3, 0.4) is 0 Å². The van der Waals surface area contributed by atoms with Crippen LogP contribution < -0.4 is 10.6 Å². The summed E-state index contributed by atoms with van der Waals surface area (Å²) in [6, 6.07) is 6.97. The Hall–Kier alpha value is -4.01. The molecule has 0 aliphatic carbocycles. The van der Waals surface area contributed by atoms with Gasteiger partial charge in [0.05, 0.1) is 12.5 Å². The number of hydrogen-bond acceptors (Lipinski definition) is 7. The first kappa shape index (κ1) is 20.9. The molecule has 0 amide bonds. The third kappa shape index (κ3) is 4.09. The summed E-state index contributed by atoms with van der Waals surface area (Å²) < 4.78 is 15.8. The van der Waals surface area contributed by atoms with Crippen molar-refractivity contribution in [2.45, 2.75) is 32.9 Å². The number of benzene rings is 1. The fourth-order valence-electron chi connectivity index (χ4n) is 4.00. The maximum Gasteiger partial charge on any atom is 0.166 e. The Kier molecular flexibility index (Phi) is 5.37. The van der Waals surface area contributed by atoms with Gasteiger partial charge in [-0.25, -0.2) is 19.3 Å². The number of pyridine rings is 1. The van der Waals surface area contributed by atoms with E-state index < -0.39 is 5.82 Å². The Labute approximate surface area is 190 Å². The molecule has 8 nitrogen and oxygen atoms in total. The highest BCUT2D eigenvalue weighted by molar-refractivity contribution is 5.85. The molecule has 0 unspecified atom stereocenters. The van der Waals surface area contributed by atoms with E-state index in [1.165, 1.54) is 6.07 Å². The van der Waals surface area contributed by atoms with Crippen LogP contribution in [0.4, 0.5) is 10.2 Å². The SMILES string of the molecule is CC(C)n1cnc2c(NCCC3=CNCc4cc(O)ccc43)nc(-c3cncc(F)c3)nc21. The zero-order chi connectivity index (χ0) is 22.9. The molecule has 0 saturated heterocycles. The Morgan fingerprint density at radius 3 is 2.91 bits per heavy atom. The fourth-order valence-corrected chi connectivity index (χ4v) is 4.00. The van der Waals surface area contributed by atoms with E-state index in [2.05, 4.69) is 44.4 Å². The molecule has 3 N–H and O–H groups in total. The molecule has 4 aromatic rings. The third-order valence-corrected chi connectivity index (χ3v) is 5.63. The van der Waals surface area contributed by atoms with Crippen molar-refractivity contribution < 1.29 is 9.50 Å². The number of nitrogens with zero attached hydrogens (tertiary/aromatic N) is 5. The molecule has 0 bridgehead atoms. The molecule has 5 rings (SSSR count). The summed E-state index contributed by atoms with van der Waals surface area (Å²) in [6.45, 7) is 5.40. The fraction of sp³-hybridized carbons (Fsp3) is 0.250. The minimum Gasteiger partial charge on any atom is -0.508 e. The van der Waals surface area contributed by atoms with Crippen molar-refractivity contribution in [3.8, 4) is 17.1 Å². The quantitative estimate of drug-likeness (QED) is 0.408. The summed E-state index contributed by atoms with van der Waals surface area (Å²) in [4.78, 5) is 17.8. The van der Waals surface area contributed by atoms with E-state index in [4.69, 9.17) is 0 Å². The summed E-state index contributed by atoms with van der Waals surface area (Å²) in [7, 11) is 0. The van der Waals surface area contributed by atoms with E-state index in [0.29, 0.717) is 41.5 Å². The van der Waals surface area contributed by atoms with E-state index in [9.17, 15) is 9.50 Å². The molecule has 0 spiro atoms. The van der Waals surface area contributed by atoms with E-state index in [1.54, 1.807) is 24.7 Å². The van der Waals surface area contributed by atoms with Crippen LogP contribution in [0.2, 0.25) is 0 Å². The molecule has 0 fully saturated rings. The highest BCUT2D eigenvalue weighted by atomic mass is 19.1. The van der Waals surface area contributed by atoms with Crippen LogP contribution in [0.5, 0.6) is 5.75 Å². The van der Waals surface area contributed by atoms with Crippen molar-refractivity contribution in [3.05, 3.63) is 66.1 Å². The van der Waals surface area contributed by atoms with Gasteiger partial charge in [-0.1, -0.05) is 6.07 Å². The van der Waals surface area contributed by atoms with Gasteiger partial charge in [0.25, 0.3) is 0 Å². The van der Waals surface area contributed by atoms with Gasteiger partial charge in [0.2, 0.25) is 0 Å². The summed E-state index contributed by atoms with van der Waals surface area (Å²) in [5.74, 6) is 0.802. The molecule has 0 saturated carbocycles. The molecular weight excluding hydrogens is 421 g/mol. The van der Waals surface area contributed by atoms with Gasteiger partial charge in [-0.15, -0.1) is 0 Å². The number of nitrogens with one attached hydrogen (secondary N) is 2. The lowest BCUT2D eigenvalue weighted by Gasteiger charge is -2.19. The van der Waals surface area contributed by atoms with Gasteiger partial charge in [-0.2, -0.15) is 0 Å². The number of anilines is 1. The number of hydrogen-bond donors (Lipinski definition) is 3. The summed E-state index contributed by atoms with van der Waals surface area (Å²) in [5.41, 5.74) is 5.17. The predicted octanol–water partition coefficient (Wildman–Crippen LogP) is 4.26. The summed E-state index contributed by atoms with van der Waals surface area (Å²) in [5, 5.41) is 16.4. The monoisotopic (exact) mass is 445 g/mol. The number of imidazole rings is 1. The number of halogens is 1. The standard InChI is InChI=1S/C24H24FN7O/c1-14(2)32-13-29-21-23(30-22(31-24(21)32)17-7-18(25)12-27-11-17)28-6-5-15-9-26-10-16-8-19(33)3-4-20(15)16/h3-4,7-9,11-14,26,33H,5-6,10H2,1-2H3,(H,28,30,31). The largest absolute Gasteiger partial charge is 0.508 e. The van der Waals surface area contributed by atoms with Crippen LogP contribution in [0.15, 0.2) is 49.2 Å². The maximum absolute atomic E-state index is 13.8. The topological polar surface area (TPSA) is 101 Å². The molecule has 0 radical (unpaired) electrons. The first-order valence-corrected chi connectivity index (χ1v) is 10.8. The highest BCUT2D eigenvalue weighted by Crippen LogP contribution is 2.29. The zero-order valence-corrected chi connectivity index (χ0v) is 18.4. The number of phenolic OH excluding ortho intramolecular Hbond substituents is 1. The van der Waals surface area contributed by atoms with Crippen LogP contribution in [-0.4, -0.2) is 36.2 Å². The predicted molar refractivity (Wildman–Crippen MR) is 125 cm³/mol. The summed E-state index contributed by atoms with van der Waals surface area (Å²) >= 11 is 0. The Balaban J connectivity index is 1.45. The second-order valence-electron chi connectivity index (χ2n) is 8.27. The number of phenols is 1. The van der Waals surface area contributed by atoms with Crippen LogP contribution in [0, 0.1) is 5.82 Å². The smallest absolute Gasteiger partial charge is 0.166 e. The lowest BCUT2D eigenvalue weighted by molar-refractivity contribution is 0.474. The van der Waals surface area contributed by atoms with E-state index in [1.807, 2.05) is 16.8 Å². The number of rotatable bonds is 6. The van der Waals surface area contributed by atoms with Crippen molar-refractivity contribution in [2.75, 3.05) is 11.9 Å². The van der Waals surface area contributed by atoms with Gasteiger partial charge in [0.1, 0.15) is 17.1 Å². The van der Waals surface area contributed by atoms with Crippen molar-refractivity contribution in [3.63, 3.8) is 0 Å². The lowest BCUT2D eigenvalue weighted by Crippen LogP contribution is -2.15. The molecule has 1 aliphatic heterocycles. The molecule has 0 atom stereocenters. The van der Waals surface area contributed by atoms with Crippen molar-refractivity contribution in [1.82, 2.24) is 29.8 Å². The summed E-state index contributed by atoms with van der Waals surface area (Å²) in [6.07, 6.45) is 7.20. The lowest BCUT2D eigenvalue weighted by atomic mass is 9.95. The Morgan fingerprint density at radius 1 is 1.21 bits per heavy atom. The number of aromatic nitrogens is 5. The minimum atomic E-state index is -0.440. The maximum atomic E-state index is 13.8. The van der Waals surface area contributed by atoms with Crippen LogP contribution >= 0.6 is 0 Å². The van der Waals surface area contributed by atoms with Crippen LogP contribution in [0.1, 0.15) is 37.4 Å². The molecule has 4 heterocycles. The minimum absolute atomic E-state index is 0.155. The van der Waals surface area contributed by atoms with Gasteiger partial charge in [-0.3, -0.25) is 4.98 Å². The van der Waals surface area contributed by atoms with Gasteiger partial charge >= 0.3 is 0 Å². The van der Waals surface area contributed by atoms with Gasteiger partial charge in [0, 0.05) is 37.1 Å². The van der Waals surface area contributed by atoms with Crippen molar-refractivity contribution >= 4 is 22.6 Å². The van der Waals surface area contributed by atoms with Gasteiger partial charge in [-0.05, 0) is 55.2 Å². The van der Waals surface area contributed by atoms with E-state index in [0.717, 1.165) is 29.3 Å². The molecule has 9 heteroatoms. The Bertz CT molecular complexity index is 1360. The van der Waals surface area contributed by atoms with Crippen molar-refractivity contribution in [2.24, 2.45) is 0 Å². The number of fused-ring (bicyclic) bond motifs is 2. The zero-order valence-electron chi connectivity index (χ0n) is 18.4. The van der Waals surface area contributed by atoms with Crippen molar-refractivity contribution in [1.29, 1.82) is 0 Å². The number of aromatic hydroxyl groups is 1. The highest BCUT2D eigenvalue weighted by Gasteiger charge is 2.17. The first-order chi connectivity index (χ1) is 16.0. The first-order valence-electron chi connectivity index (χ1n) is 10.8. The van der Waals surface area contributed by atoms with E-state index >= 15 is 0 Å². The third-order valence-electron chi connectivity index (χ3n) is 5.63. The molecule has 168 valence electrons. The van der Waals surface area contributed by atoms with Gasteiger partial charge < -0.3 is 20.3 Å². The van der Waals surface area contributed by atoms with Gasteiger partial charge in [0.15, 0.2) is 17.3 Å². The normalized spacial score (nSPS) is 13.0. The molecule has 1 aromatic carbocycles. The molecule has 1 aliphatic rings. The molecular formula is C24H24FN7O. The molecule has 33 heavy (non-hydrogen) atoms. The molecule has 3 aromatic heterocycles. The Morgan fingerprint density at radius 2 is 2.09 bits per heavy atom. The second-order valence-corrected chi connectivity index (χ2v) is 8.27.